The van der Waals surface area contributed by atoms with Crippen molar-refractivity contribution in [2.75, 3.05) is 43.6 Å². The van der Waals surface area contributed by atoms with Crippen molar-refractivity contribution in [2.45, 2.75) is 26.3 Å². The molecule has 1 aromatic carbocycles. The Morgan fingerprint density at radius 2 is 1.77 bits per heavy atom. The SMILES string of the molecule is CCCCn1c(N)c(N(C)CC(=O)Nc2ccc(C(=O)N(C)C)cc2)c(=O)[nH]c1=O. The second-order valence-corrected chi connectivity index (χ2v) is 7.18. The number of nitrogens with one attached hydrogen (secondary N) is 2. The van der Waals surface area contributed by atoms with Crippen molar-refractivity contribution in [3.63, 3.8) is 0 Å². The van der Waals surface area contributed by atoms with Crippen LogP contribution in [0.4, 0.5) is 17.2 Å². The fourth-order valence-electron chi connectivity index (χ4n) is 2.93. The zero-order valence-electron chi connectivity index (χ0n) is 17.7. The fraction of sp³-hybridized carbons (Fsp3) is 0.400. The Bertz CT molecular complexity index is 1020. The second-order valence-electron chi connectivity index (χ2n) is 7.18. The summed E-state index contributed by atoms with van der Waals surface area (Å²) in [7, 11) is 4.87. The summed E-state index contributed by atoms with van der Waals surface area (Å²) in [6.07, 6.45) is 1.59. The van der Waals surface area contributed by atoms with Gasteiger partial charge in [-0.05, 0) is 30.7 Å². The molecule has 0 fully saturated rings. The van der Waals surface area contributed by atoms with Crippen LogP contribution in [0, 0.1) is 0 Å². The highest BCUT2D eigenvalue weighted by Crippen LogP contribution is 2.16. The van der Waals surface area contributed by atoms with Gasteiger partial charge >= 0.3 is 5.69 Å². The van der Waals surface area contributed by atoms with E-state index in [0.717, 1.165) is 12.8 Å². The van der Waals surface area contributed by atoms with Crippen LogP contribution in [0.3, 0.4) is 0 Å². The van der Waals surface area contributed by atoms with Gasteiger partial charge < -0.3 is 20.9 Å². The van der Waals surface area contributed by atoms with E-state index < -0.39 is 11.2 Å². The number of anilines is 3. The topological polar surface area (TPSA) is 134 Å². The molecule has 0 saturated heterocycles. The molecule has 0 unspecified atom stereocenters. The largest absolute Gasteiger partial charge is 0.383 e. The first-order valence-corrected chi connectivity index (χ1v) is 9.61. The summed E-state index contributed by atoms with van der Waals surface area (Å²) < 4.78 is 1.30. The van der Waals surface area contributed by atoms with Gasteiger partial charge in [-0.25, -0.2) is 4.79 Å². The van der Waals surface area contributed by atoms with E-state index >= 15 is 0 Å². The molecule has 0 aliphatic rings. The number of nitrogens with zero attached hydrogens (tertiary/aromatic N) is 3. The molecule has 1 heterocycles. The van der Waals surface area contributed by atoms with Gasteiger partial charge in [-0.1, -0.05) is 13.3 Å². The third kappa shape index (κ3) is 5.28. The molecule has 2 aromatic rings. The third-order valence-electron chi connectivity index (χ3n) is 4.53. The molecule has 0 radical (unpaired) electrons. The number of amides is 2. The minimum atomic E-state index is -0.646. The number of nitrogens with two attached hydrogens (primary N) is 1. The molecule has 0 spiro atoms. The minimum Gasteiger partial charge on any atom is -0.383 e. The first-order valence-electron chi connectivity index (χ1n) is 9.61. The third-order valence-corrected chi connectivity index (χ3v) is 4.53. The van der Waals surface area contributed by atoms with Gasteiger partial charge in [0.15, 0.2) is 0 Å². The lowest BCUT2D eigenvalue weighted by Crippen LogP contribution is -2.39. The molecule has 162 valence electrons. The van der Waals surface area contributed by atoms with E-state index in [1.54, 1.807) is 45.4 Å². The van der Waals surface area contributed by atoms with Gasteiger partial charge in [0, 0.05) is 38.9 Å². The summed E-state index contributed by atoms with van der Waals surface area (Å²) in [5.74, 6) is -0.492. The summed E-state index contributed by atoms with van der Waals surface area (Å²) in [4.78, 5) is 53.7. The quantitative estimate of drug-likeness (QED) is 0.580. The lowest BCUT2D eigenvalue weighted by Gasteiger charge is -2.21. The molecule has 4 N–H and O–H groups in total. The normalized spacial score (nSPS) is 10.5. The van der Waals surface area contributed by atoms with Crippen LogP contribution in [0.2, 0.25) is 0 Å². The van der Waals surface area contributed by atoms with E-state index in [0.29, 0.717) is 17.8 Å². The highest BCUT2D eigenvalue weighted by atomic mass is 16.2. The van der Waals surface area contributed by atoms with Crippen LogP contribution in [0.1, 0.15) is 30.1 Å². The number of hydrogen-bond acceptors (Lipinski definition) is 6. The number of rotatable bonds is 8. The Hall–Kier alpha value is -3.56. The monoisotopic (exact) mass is 416 g/mol. The number of likely N-dealkylation sites (N-methyl/N-ethyl adjacent to an activating group) is 1. The predicted molar refractivity (Wildman–Crippen MR) is 117 cm³/mol. The van der Waals surface area contributed by atoms with Crippen molar-refractivity contribution >= 4 is 29.0 Å². The van der Waals surface area contributed by atoms with Crippen molar-refractivity contribution in [1.82, 2.24) is 14.5 Å². The first-order chi connectivity index (χ1) is 14.1. The number of benzene rings is 1. The van der Waals surface area contributed by atoms with Crippen molar-refractivity contribution in [1.29, 1.82) is 0 Å². The average molecular weight is 416 g/mol. The van der Waals surface area contributed by atoms with Crippen LogP contribution >= 0.6 is 0 Å². The van der Waals surface area contributed by atoms with E-state index in [4.69, 9.17) is 5.73 Å². The summed E-state index contributed by atoms with van der Waals surface area (Å²) in [5, 5.41) is 2.71. The van der Waals surface area contributed by atoms with Crippen molar-refractivity contribution in [3.05, 3.63) is 50.7 Å². The fourth-order valence-corrected chi connectivity index (χ4v) is 2.93. The maximum absolute atomic E-state index is 12.4. The lowest BCUT2D eigenvalue weighted by atomic mass is 10.2. The van der Waals surface area contributed by atoms with Crippen LogP contribution in [-0.4, -0.2) is 54.0 Å². The zero-order chi connectivity index (χ0) is 22.4. The van der Waals surface area contributed by atoms with Crippen molar-refractivity contribution in [2.24, 2.45) is 0 Å². The minimum absolute atomic E-state index is 0.0269. The number of unbranched alkanes of at least 4 members (excludes halogenated alkanes) is 1. The van der Waals surface area contributed by atoms with E-state index in [-0.39, 0.29) is 29.9 Å². The molecule has 0 bridgehead atoms. The Kier molecular flexibility index (Phi) is 7.40. The number of carbonyl (C=O) groups is 2. The summed E-state index contributed by atoms with van der Waals surface area (Å²) >= 11 is 0. The molecule has 0 aliphatic carbocycles. The van der Waals surface area contributed by atoms with Gasteiger partial charge in [-0.2, -0.15) is 0 Å². The number of carbonyl (C=O) groups excluding carboxylic acids is 2. The number of aromatic nitrogens is 2. The van der Waals surface area contributed by atoms with Crippen LogP contribution in [-0.2, 0) is 11.3 Å². The highest BCUT2D eigenvalue weighted by Gasteiger charge is 2.18. The molecule has 10 heteroatoms. The average Bonchev–Trinajstić information content (AvgIpc) is 2.67. The first kappa shape index (κ1) is 22.7. The Morgan fingerprint density at radius 3 is 2.33 bits per heavy atom. The molecule has 30 heavy (non-hydrogen) atoms. The van der Waals surface area contributed by atoms with E-state index in [2.05, 4.69) is 10.3 Å². The van der Waals surface area contributed by atoms with Crippen molar-refractivity contribution < 1.29 is 9.59 Å². The molecule has 1 aromatic heterocycles. The number of hydrogen-bond donors (Lipinski definition) is 3. The van der Waals surface area contributed by atoms with Gasteiger partial charge in [0.25, 0.3) is 11.5 Å². The van der Waals surface area contributed by atoms with Crippen LogP contribution in [0.5, 0.6) is 0 Å². The van der Waals surface area contributed by atoms with E-state index in [9.17, 15) is 19.2 Å². The second kappa shape index (κ2) is 9.77. The molecule has 0 atom stereocenters. The predicted octanol–water partition coefficient (Wildman–Crippen LogP) is 0.696. The summed E-state index contributed by atoms with van der Waals surface area (Å²) in [5.41, 5.74) is 5.92. The Balaban J connectivity index is 2.13. The van der Waals surface area contributed by atoms with Gasteiger partial charge in [-0.15, -0.1) is 0 Å². The number of aromatic amines is 1. The van der Waals surface area contributed by atoms with Crippen molar-refractivity contribution in [3.8, 4) is 0 Å². The number of H-pyrrole nitrogens is 1. The number of nitrogen functional groups attached to an aromatic ring is 1. The van der Waals surface area contributed by atoms with Gasteiger partial charge in [0.2, 0.25) is 5.91 Å². The summed E-state index contributed by atoms with van der Waals surface area (Å²) in [6, 6.07) is 6.49. The van der Waals surface area contributed by atoms with Gasteiger partial charge in [0.1, 0.15) is 11.5 Å². The van der Waals surface area contributed by atoms with Gasteiger partial charge in [-0.3, -0.25) is 23.9 Å². The highest BCUT2D eigenvalue weighted by molar-refractivity contribution is 5.96. The lowest BCUT2D eigenvalue weighted by molar-refractivity contribution is -0.114. The van der Waals surface area contributed by atoms with E-state index in [1.807, 2.05) is 6.92 Å². The Morgan fingerprint density at radius 1 is 1.13 bits per heavy atom. The Labute approximate surface area is 174 Å². The molecule has 2 amide bonds. The van der Waals surface area contributed by atoms with Crippen LogP contribution in [0.15, 0.2) is 33.9 Å². The maximum atomic E-state index is 12.4. The standard InChI is InChI=1S/C20H28N6O4/c1-5-6-11-26-17(21)16(18(28)23-20(26)30)25(4)12-15(27)22-14-9-7-13(8-10-14)19(29)24(2)3/h7-10H,5-6,11-12,21H2,1-4H3,(H,22,27)(H,23,28,30). The molecular weight excluding hydrogens is 388 g/mol. The van der Waals surface area contributed by atoms with Crippen LogP contribution in [0.25, 0.3) is 0 Å². The van der Waals surface area contributed by atoms with E-state index in [1.165, 1.54) is 14.4 Å². The molecule has 0 aliphatic heterocycles. The van der Waals surface area contributed by atoms with Crippen LogP contribution < -0.4 is 27.2 Å². The molecule has 10 nitrogen and oxygen atoms in total. The molecular formula is C20H28N6O4. The van der Waals surface area contributed by atoms with Gasteiger partial charge in [0.05, 0.1) is 6.54 Å². The molecule has 2 rings (SSSR count). The smallest absolute Gasteiger partial charge is 0.330 e. The molecule has 0 saturated carbocycles. The summed E-state index contributed by atoms with van der Waals surface area (Å²) in [6.45, 7) is 2.20. The zero-order valence-corrected chi connectivity index (χ0v) is 17.7. The maximum Gasteiger partial charge on any atom is 0.330 e.